The van der Waals surface area contributed by atoms with E-state index in [-0.39, 0.29) is 23.6 Å². The predicted molar refractivity (Wildman–Crippen MR) is 135 cm³/mol. The molecule has 41 heavy (non-hydrogen) atoms. The number of benzene rings is 1. The Morgan fingerprint density at radius 1 is 1.22 bits per heavy atom. The monoisotopic (exact) mass is 578 g/mol. The molecule has 0 aliphatic carbocycles. The number of pyridine rings is 1. The number of nitrogens with zero attached hydrogens (tertiary/aromatic N) is 3. The third kappa shape index (κ3) is 6.80. The molecule has 1 saturated heterocycles. The van der Waals surface area contributed by atoms with Gasteiger partial charge in [-0.3, -0.25) is 9.59 Å². The van der Waals surface area contributed by atoms with Crippen LogP contribution < -0.4 is 16.0 Å². The van der Waals surface area contributed by atoms with Crippen LogP contribution in [0.1, 0.15) is 46.2 Å². The second kappa shape index (κ2) is 12.3. The summed E-state index contributed by atoms with van der Waals surface area (Å²) in [6.45, 7) is 0.993. The molecule has 1 fully saturated rings. The Kier molecular flexibility index (Phi) is 8.86. The van der Waals surface area contributed by atoms with Crippen LogP contribution in [0.25, 0.3) is 0 Å². The lowest BCUT2D eigenvalue weighted by Crippen LogP contribution is -2.40. The van der Waals surface area contributed by atoms with E-state index in [1.807, 2.05) is 5.32 Å². The van der Waals surface area contributed by atoms with Crippen molar-refractivity contribution >= 4 is 23.7 Å². The minimum atomic E-state index is -4.64. The summed E-state index contributed by atoms with van der Waals surface area (Å²) in [6, 6.07) is 2.57. The average molecular weight is 579 g/mol. The Bertz CT molecular complexity index is 1400. The number of ether oxygens (including phenoxy) is 1. The molecule has 3 heterocycles. The van der Waals surface area contributed by atoms with E-state index in [9.17, 15) is 31.9 Å². The van der Waals surface area contributed by atoms with Gasteiger partial charge in [0.1, 0.15) is 35.5 Å². The predicted octanol–water partition coefficient (Wildman–Crippen LogP) is 3.52. The first-order valence-corrected chi connectivity index (χ1v) is 12.4. The van der Waals surface area contributed by atoms with E-state index in [2.05, 4.69) is 20.8 Å². The SMILES string of the molecule is CCc1nocc1C(=O)N[C@H](C(=O)Nc1cc([C@@H](COC)N2C[C@@H](C(F)(F)F)NC2=O)ccn1)c1ccc(F)cc1. The van der Waals surface area contributed by atoms with E-state index in [1.54, 1.807) is 6.92 Å². The summed E-state index contributed by atoms with van der Waals surface area (Å²) in [6.07, 6.45) is -1.79. The van der Waals surface area contributed by atoms with Crippen LogP contribution in [0, 0.1) is 5.82 Å². The Morgan fingerprint density at radius 2 is 1.95 bits per heavy atom. The van der Waals surface area contributed by atoms with Gasteiger partial charge in [-0.25, -0.2) is 14.2 Å². The number of urea groups is 1. The zero-order valence-electron chi connectivity index (χ0n) is 21.9. The van der Waals surface area contributed by atoms with Gasteiger partial charge in [-0.2, -0.15) is 13.2 Å². The summed E-state index contributed by atoms with van der Waals surface area (Å²) in [5, 5.41) is 10.8. The van der Waals surface area contributed by atoms with Crippen molar-refractivity contribution in [2.45, 2.75) is 37.6 Å². The lowest BCUT2D eigenvalue weighted by atomic mass is 10.0. The van der Waals surface area contributed by atoms with E-state index in [4.69, 9.17) is 9.26 Å². The maximum atomic E-state index is 13.6. The summed E-state index contributed by atoms with van der Waals surface area (Å²) in [4.78, 5) is 43.9. The first kappa shape index (κ1) is 29.5. The number of hydrogen-bond acceptors (Lipinski definition) is 7. The second-order valence-electron chi connectivity index (χ2n) is 9.12. The Balaban J connectivity index is 1.58. The van der Waals surface area contributed by atoms with Gasteiger partial charge in [0.25, 0.3) is 11.8 Å². The van der Waals surface area contributed by atoms with Crippen molar-refractivity contribution in [2.24, 2.45) is 0 Å². The van der Waals surface area contributed by atoms with E-state index < -0.39 is 54.5 Å². The zero-order valence-corrected chi connectivity index (χ0v) is 21.9. The highest BCUT2D eigenvalue weighted by molar-refractivity contribution is 6.01. The van der Waals surface area contributed by atoms with Crippen molar-refractivity contribution in [1.29, 1.82) is 0 Å². The first-order chi connectivity index (χ1) is 19.5. The summed E-state index contributed by atoms with van der Waals surface area (Å²) in [5.41, 5.74) is 1.09. The number of carbonyl (C=O) groups is 3. The fourth-order valence-electron chi connectivity index (χ4n) is 4.32. The molecule has 0 bridgehead atoms. The third-order valence-corrected chi connectivity index (χ3v) is 6.42. The zero-order chi connectivity index (χ0) is 29.7. The van der Waals surface area contributed by atoms with Crippen molar-refractivity contribution in [2.75, 3.05) is 25.6 Å². The van der Waals surface area contributed by atoms with Gasteiger partial charge in [0.15, 0.2) is 0 Å². The number of amides is 4. The lowest BCUT2D eigenvalue weighted by molar-refractivity contribution is -0.150. The summed E-state index contributed by atoms with van der Waals surface area (Å²) >= 11 is 0. The van der Waals surface area contributed by atoms with Crippen LogP contribution in [-0.2, 0) is 16.0 Å². The second-order valence-corrected chi connectivity index (χ2v) is 9.12. The molecule has 0 saturated carbocycles. The highest BCUT2D eigenvalue weighted by Gasteiger charge is 2.48. The maximum Gasteiger partial charge on any atom is 0.410 e. The quantitative estimate of drug-likeness (QED) is 0.313. The minimum Gasteiger partial charge on any atom is -0.382 e. The normalized spacial score (nSPS) is 16.7. The number of aryl methyl sites for hydroxylation is 1. The number of nitrogens with one attached hydrogen (secondary N) is 3. The Morgan fingerprint density at radius 3 is 2.59 bits per heavy atom. The molecule has 2 aromatic heterocycles. The first-order valence-electron chi connectivity index (χ1n) is 12.4. The molecule has 4 rings (SSSR count). The molecule has 3 aromatic rings. The number of rotatable bonds is 10. The van der Waals surface area contributed by atoms with Crippen molar-refractivity contribution in [3.05, 3.63) is 77.1 Å². The van der Waals surface area contributed by atoms with Gasteiger partial charge in [-0.15, -0.1) is 0 Å². The average Bonchev–Trinajstić information content (AvgIpc) is 3.57. The maximum absolute atomic E-state index is 13.6. The van der Waals surface area contributed by atoms with Crippen molar-refractivity contribution < 1.29 is 41.2 Å². The molecular weight excluding hydrogens is 552 g/mol. The van der Waals surface area contributed by atoms with Crippen molar-refractivity contribution in [3.63, 3.8) is 0 Å². The molecular formula is C26H26F4N6O5. The fraction of sp³-hybridized carbons (Fsp3) is 0.346. The molecule has 3 N–H and O–H groups in total. The van der Waals surface area contributed by atoms with Crippen LogP contribution in [0.4, 0.5) is 28.2 Å². The number of anilines is 1. The van der Waals surface area contributed by atoms with Gasteiger partial charge in [0.2, 0.25) is 0 Å². The molecule has 0 unspecified atom stereocenters. The topological polar surface area (TPSA) is 139 Å². The van der Waals surface area contributed by atoms with Gasteiger partial charge >= 0.3 is 12.2 Å². The molecule has 0 spiro atoms. The number of halogens is 4. The number of hydrogen-bond donors (Lipinski definition) is 3. The van der Waals surface area contributed by atoms with Crippen LogP contribution in [0.5, 0.6) is 0 Å². The van der Waals surface area contributed by atoms with Gasteiger partial charge in [-0.05, 0) is 41.8 Å². The Hall–Kier alpha value is -4.53. The largest absolute Gasteiger partial charge is 0.410 e. The third-order valence-electron chi connectivity index (χ3n) is 6.42. The van der Waals surface area contributed by atoms with E-state index in [0.717, 1.165) is 23.3 Å². The van der Waals surface area contributed by atoms with Crippen molar-refractivity contribution in [1.82, 2.24) is 25.7 Å². The highest BCUT2D eigenvalue weighted by atomic mass is 19.4. The van der Waals surface area contributed by atoms with Crippen LogP contribution in [0.15, 0.2) is 53.4 Å². The smallest absolute Gasteiger partial charge is 0.382 e. The van der Waals surface area contributed by atoms with Gasteiger partial charge in [0.05, 0.1) is 24.9 Å². The number of alkyl halides is 3. The number of aromatic nitrogens is 2. The summed E-state index contributed by atoms with van der Waals surface area (Å²) < 4.78 is 63.3. The van der Waals surface area contributed by atoms with Crippen LogP contribution in [-0.4, -0.2) is 65.4 Å². The number of methoxy groups -OCH3 is 1. The Labute approximate surface area is 231 Å². The molecule has 0 radical (unpaired) electrons. The molecule has 4 amide bonds. The number of carbonyl (C=O) groups excluding carboxylic acids is 3. The van der Waals surface area contributed by atoms with Crippen molar-refractivity contribution in [3.8, 4) is 0 Å². The van der Waals surface area contributed by atoms with E-state index >= 15 is 0 Å². The molecule has 11 nitrogen and oxygen atoms in total. The summed E-state index contributed by atoms with van der Waals surface area (Å²) in [7, 11) is 1.33. The highest BCUT2D eigenvalue weighted by Crippen LogP contribution is 2.31. The minimum absolute atomic E-state index is 0.0128. The molecule has 3 atom stereocenters. The molecule has 1 aliphatic heterocycles. The van der Waals surface area contributed by atoms with Crippen LogP contribution in [0.2, 0.25) is 0 Å². The van der Waals surface area contributed by atoms with E-state index in [0.29, 0.717) is 17.7 Å². The molecule has 1 aliphatic rings. The van der Waals surface area contributed by atoms with Gasteiger partial charge < -0.3 is 30.1 Å². The van der Waals surface area contributed by atoms with Crippen LogP contribution >= 0.6 is 0 Å². The molecule has 1 aromatic carbocycles. The van der Waals surface area contributed by atoms with E-state index in [1.165, 1.54) is 37.6 Å². The summed E-state index contributed by atoms with van der Waals surface area (Å²) in [5.74, 6) is -1.97. The molecule has 218 valence electrons. The van der Waals surface area contributed by atoms with Crippen LogP contribution in [0.3, 0.4) is 0 Å². The fourth-order valence-corrected chi connectivity index (χ4v) is 4.32. The lowest BCUT2D eigenvalue weighted by Gasteiger charge is -2.27. The molecule has 15 heteroatoms. The van der Waals surface area contributed by atoms with Gasteiger partial charge in [-0.1, -0.05) is 24.2 Å². The standard InChI is InChI=1S/C26H26F4N6O5/c1-3-18-17(12-41-35-18)23(37)34-22(14-4-6-16(27)7-5-14)24(38)33-21-10-15(8-9-31-21)19(13-40-2)36-11-20(26(28,29)30)32-25(36)39/h4-10,12,19-20,22H,3,11,13H2,1-2H3,(H,32,39)(H,34,37)(H,31,33,38)/t19-,20+,22+/m1/s1. The van der Waals surface area contributed by atoms with Gasteiger partial charge in [0, 0.05) is 13.3 Å².